The summed E-state index contributed by atoms with van der Waals surface area (Å²) in [6.45, 7) is 6.38. The van der Waals surface area contributed by atoms with Crippen molar-refractivity contribution in [1.29, 1.82) is 0 Å². The van der Waals surface area contributed by atoms with Gasteiger partial charge in [-0.3, -0.25) is 19.4 Å². The number of piperidine rings is 1. The van der Waals surface area contributed by atoms with Crippen LogP contribution in [0.1, 0.15) is 54.6 Å². The Bertz CT molecular complexity index is 1250. The summed E-state index contributed by atoms with van der Waals surface area (Å²) >= 11 is 0. The fourth-order valence-corrected chi connectivity index (χ4v) is 6.15. The molecule has 0 aromatic carbocycles. The summed E-state index contributed by atoms with van der Waals surface area (Å²) in [7, 11) is 1.92. The fraction of sp³-hybridized carbons (Fsp3) is 0.517. The van der Waals surface area contributed by atoms with Crippen LogP contribution in [0.4, 0.5) is 5.69 Å². The molecular formula is C29H37N5O3. The highest BCUT2D eigenvalue weighted by Crippen LogP contribution is 2.41. The molecule has 2 aliphatic rings. The molecule has 0 spiro atoms. The molecule has 1 saturated heterocycles. The molecule has 3 aromatic heterocycles. The Balaban J connectivity index is 1.39. The maximum Gasteiger partial charge on any atom is 0.307 e. The van der Waals surface area contributed by atoms with Crippen molar-refractivity contribution in [2.45, 2.75) is 58.8 Å². The second kappa shape index (κ2) is 10.9. The second-order valence-electron chi connectivity index (χ2n) is 10.6. The minimum absolute atomic E-state index is 0.0401. The molecule has 1 saturated carbocycles. The Hall–Kier alpha value is -3.42. The lowest BCUT2D eigenvalue weighted by atomic mass is 9.75. The van der Waals surface area contributed by atoms with E-state index in [9.17, 15) is 9.90 Å². The number of ether oxygens (including phenoxy) is 1. The molecule has 37 heavy (non-hydrogen) atoms. The van der Waals surface area contributed by atoms with Crippen molar-refractivity contribution >= 4 is 11.7 Å². The van der Waals surface area contributed by atoms with Crippen LogP contribution in [0.25, 0.3) is 11.3 Å². The van der Waals surface area contributed by atoms with Gasteiger partial charge in [0.2, 0.25) is 0 Å². The third-order valence-corrected chi connectivity index (χ3v) is 8.07. The summed E-state index contributed by atoms with van der Waals surface area (Å²) < 4.78 is 7.79. The molecule has 1 N–H and O–H groups in total. The van der Waals surface area contributed by atoms with E-state index in [0.717, 1.165) is 65.7 Å². The van der Waals surface area contributed by atoms with E-state index in [-0.39, 0.29) is 6.42 Å². The predicted molar refractivity (Wildman–Crippen MR) is 143 cm³/mol. The maximum atomic E-state index is 11.8. The fourth-order valence-electron chi connectivity index (χ4n) is 6.15. The van der Waals surface area contributed by atoms with Crippen molar-refractivity contribution in [1.82, 2.24) is 19.7 Å². The van der Waals surface area contributed by atoms with Crippen molar-refractivity contribution in [3.05, 3.63) is 53.2 Å². The quantitative estimate of drug-likeness (QED) is 0.474. The van der Waals surface area contributed by atoms with Gasteiger partial charge in [-0.1, -0.05) is 19.3 Å². The molecule has 8 heteroatoms. The van der Waals surface area contributed by atoms with Crippen molar-refractivity contribution in [3.8, 4) is 17.0 Å². The van der Waals surface area contributed by atoms with E-state index >= 15 is 0 Å². The van der Waals surface area contributed by atoms with Gasteiger partial charge in [0.1, 0.15) is 5.75 Å². The van der Waals surface area contributed by atoms with E-state index in [2.05, 4.69) is 15.0 Å². The first-order valence-electron chi connectivity index (χ1n) is 13.4. The van der Waals surface area contributed by atoms with Gasteiger partial charge in [-0.25, -0.2) is 0 Å². The van der Waals surface area contributed by atoms with Gasteiger partial charge in [0.25, 0.3) is 0 Å². The van der Waals surface area contributed by atoms with Crippen LogP contribution >= 0.6 is 0 Å². The predicted octanol–water partition coefficient (Wildman–Crippen LogP) is 4.76. The number of carboxylic acids is 1. The number of nitrogens with zero attached hydrogens (tertiary/aromatic N) is 5. The number of hydrogen-bond donors (Lipinski definition) is 1. The number of anilines is 1. The topological polar surface area (TPSA) is 93.4 Å². The van der Waals surface area contributed by atoms with E-state index in [4.69, 9.17) is 9.72 Å². The van der Waals surface area contributed by atoms with Crippen LogP contribution in [-0.4, -0.2) is 50.5 Å². The Kier molecular flexibility index (Phi) is 7.44. The number of aryl methyl sites for hydroxylation is 3. The molecule has 3 aromatic rings. The first kappa shape index (κ1) is 25.2. The number of pyridine rings is 2. The monoisotopic (exact) mass is 503 g/mol. The van der Waals surface area contributed by atoms with Crippen LogP contribution in [0, 0.1) is 25.7 Å². The molecule has 0 bridgehead atoms. The summed E-state index contributed by atoms with van der Waals surface area (Å²) in [6, 6.07) is 3.89. The minimum atomic E-state index is -0.837. The average molecular weight is 504 g/mol. The number of carbonyl (C=O) groups is 1. The second-order valence-corrected chi connectivity index (χ2v) is 10.6. The molecule has 1 aliphatic heterocycles. The van der Waals surface area contributed by atoms with Crippen molar-refractivity contribution in [3.63, 3.8) is 0 Å². The lowest BCUT2D eigenvalue weighted by Gasteiger charge is -2.43. The van der Waals surface area contributed by atoms with Crippen LogP contribution in [0.15, 0.2) is 30.7 Å². The van der Waals surface area contributed by atoms with E-state index in [1.807, 2.05) is 50.1 Å². The van der Waals surface area contributed by atoms with Crippen molar-refractivity contribution in [2.24, 2.45) is 18.9 Å². The van der Waals surface area contributed by atoms with Gasteiger partial charge in [0, 0.05) is 55.8 Å². The van der Waals surface area contributed by atoms with E-state index in [1.165, 1.54) is 31.2 Å². The standard InChI is InChI=1S/C29H37N5O3/c1-19-22(17-33(3)32-19)11-13-37-24-8-9-27(31-15-24)26-16-30-20(2)25(14-28(35)36)29(26)34-12-10-21-6-4-5-7-23(21)18-34/h8-9,15-17,21,23H,4-7,10-14,18H2,1-3H3,(H,35,36). The average Bonchev–Trinajstić information content (AvgIpc) is 3.21. The molecule has 2 atom stereocenters. The third-order valence-electron chi connectivity index (χ3n) is 8.07. The largest absolute Gasteiger partial charge is 0.492 e. The van der Waals surface area contributed by atoms with E-state index in [0.29, 0.717) is 18.3 Å². The molecule has 0 radical (unpaired) electrons. The summed E-state index contributed by atoms with van der Waals surface area (Å²) in [6.07, 6.45) is 12.8. The molecule has 8 nitrogen and oxygen atoms in total. The van der Waals surface area contributed by atoms with Gasteiger partial charge < -0.3 is 14.7 Å². The smallest absolute Gasteiger partial charge is 0.307 e. The normalized spacial score (nSPS) is 19.5. The van der Waals surface area contributed by atoms with Crippen LogP contribution in [0.5, 0.6) is 5.75 Å². The van der Waals surface area contributed by atoms with E-state index < -0.39 is 5.97 Å². The van der Waals surface area contributed by atoms with Crippen LogP contribution in [0.2, 0.25) is 0 Å². The first-order chi connectivity index (χ1) is 17.9. The van der Waals surface area contributed by atoms with Crippen LogP contribution < -0.4 is 9.64 Å². The Morgan fingerprint density at radius 2 is 1.89 bits per heavy atom. The molecule has 4 heterocycles. The number of aliphatic carboxylic acids is 1. The summed E-state index contributed by atoms with van der Waals surface area (Å²) in [5.41, 5.74) is 6.45. The SMILES string of the molecule is Cc1nn(C)cc1CCOc1ccc(-c2cnc(C)c(CC(=O)O)c2N2CCC3CCCCC3C2)nc1. The van der Waals surface area contributed by atoms with Crippen LogP contribution in [-0.2, 0) is 24.7 Å². The highest BCUT2D eigenvalue weighted by Gasteiger charge is 2.33. The lowest BCUT2D eigenvalue weighted by molar-refractivity contribution is -0.136. The van der Waals surface area contributed by atoms with Gasteiger partial charge in [0.05, 0.1) is 36.3 Å². The Morgan fingerprint density at radius 1 is 1.08 bits per heavy atom. The lowest BCUT2D eigenvalue weighted by Crippen LogP contribution is -2.42. The molecule has 2 unspecified atom stereocenters. The van der Waals surface area contributed by atoms with Gasteiger partial charge in [-0.15, -0.1) is 0 Å². The zero-order valence-corrected chi connectivity index (χ0v) is 22.1. The molecular weight excluding hydrogens is 466 g/mol. The van der Waals surface area contributed by atoms with Crippen molar-refractivity contribution in [2.75, 3.05) is 24.6 Å². The minimum Gasteiger partial charge on any atom is -0.492 e. The molecule has 2 fully saturated rings. The zero-order valence-electron chi connectivity index (χ0n) is 22.1. The van der Waals surface area contributed by atoms with Crippen LogP contribution in [0.3, 0.4) is 0 Å². The Labute approximate surface area is 218 Å². The summed E-state index contributed by atoms with van der Waals surface area (Å²) in [5.74, 6) is 1.34. The number of aromatic nitrogens is 4. The van der Waals surface area contributed by atoms with E-state index in [1.54, 1.807) is 6.20 Å². The Morgan fingerprint density at radius 3 is 2.59 bits per heavy atom. The third kappa shape index (κ3) is 5.63. The highest BCUT2D eigenvalue weighted by atomic mass is 16.5. The van der Waals surface area contributed by atoms with Crippen molar-refractivity contribution < 1.29 is 14.6 Å². The number of hydrogen-bond acceptors (Lipinski definition) is 6. The first-order valence-corrected chi connectivity index (χ1v) is 13.4. The summed E-state index contributed by atoms with van der Waals surface area (Å²) in [5, 5.41) is 14.1. The number of fused-ring (bicyclic) bond motifs is 1. The number of rotatable bonds is 8. The molecule has 1 aliphatic carbocycles. The van der Waals surface area contributed by atoms with Gasteiger partial charge >= 0.3 is 5.97 Å². The molecule has 5 rings (SSSR count). The zero-order chi connectivity index (χ0) is 25.9. The van der Waals surface area contributed by atoms with Gasteiger partial charge in [-0.2, -0.15) is 5.10 Å². The molecule has 0 amide bonds. The maximum absolute atomic E-state index is 11.8. The molecule has 196 valence electrons. The highest BCUT2D eigenvalue weighted by molar-refractivity contribution is 5.83. The van der Waals surface area contributed by atoms with Gasteiger partial charge in [-0.05, 0) is 56.2 Å². The van der Waals surface area contributed by atoms with Gasteiger partial charge in [0.15, 0.2) is 0 Å². The summed E-state index contributed by atoms with van der Waals surface area (Å²) in [4.78, 5) is 23.6. The number of carboxylic acid groups (broad SMARTS) is 1.